The monoisotopic (exact) mass is 266 g/mol. The van der Waals surface area contributed by atoms with Crippen LogP contribution in [-0.2, 0) is 14.3 Å². The van der Waals surface area contributed by atoms with Crippen LogP contribution in [0.3, 0.4) is 0 Å². The fourth-order valence-corrected chi connectivity index (χ4v) is 1.29. The van der Waals surface area contributed by atoms with Crippen molar-refractivity contribution in [3.63, 3.8) is 0 Å². The smallest absolute Gasteiger partial charge is 0.375 e. The van der Waals surface area contributed by atoms with E-state index in [0.717, 1.165) is 18.5 Å². The maximum absolute atomic E-state index is 11.7. The molecule has 0 aliphatic rings. The lowest BCUT2D eigenvalue weighted by atomic mass is 10.1. The Balaban J connectivity index is 2.88. The van der Waals surface area contributed by atoms with Crippen molar-refractivity contribution in [3.8, 4) is 0 Å². The van der Waals surface area contributed by atoms with E-state index < -0.39 is 34.6 Å². The minimum Gasteiger partial charge on any atom is -0.460 e. The second kappa shape index (κ2) is 6.34. The molecule has 0 bridgehead atoms. The molecule has 1 aromatic heterocycles. The maximum Gasteiger partial charge on any atom is 0.375 e. The van der Waals surface area contributed by atoms with Gasteiger partial charge in [-0.05, 0) is 6.92 Å². The molecule has 100 valence electrons. The van der Waals surface area contributed by atoms with Crippen molar-refractivity contribution < 1.29 is 24.0 Å². The molecule has 0 aliphatic heterocycles. The molecule has 0 N–H and O–H groups in total. The first kappa shape index (κ1) is 14.4. The van der Waals surface area contributed by atoms with Gasteiger partial charge >= 0.3 is 5.97 Å². The standard InChI is InChI=1S/C11H10N2O6/c1-2-19-11(16)10(15)5-9(14)7-6-12-4-3-8(7)13(17)18/h3-4,6H,2,5H2,1H3. The number of esters is 1. The molecule has 8 nitrogen and oxygen atoms in total. The van der Waals surface area contributed by atoms with Crippen molar-refractivity contribution in [2.75, 3.05) is 6.61 Å². The molecule has 1 aromatic rings. The van der Waals surface area contributed by atoms with E-state index in [1.807, 2.05) is 0 Å². The predicted molar refractivity (Wildman–Crippen MR) is 61.5 cm³/mol. The molecule has 0 saturated heterocycles. The topological polar surface area (TPSA) is 116 Å². The highest BCUT2D eigenvalue weighted by Gasteiger charge is 2.25. The Morgan fingerprint density at radius 3 is 2.68 bits per heavy atom. The Morgan fingerprint density at radius 2 is 2.11 bits per heavy atom. The molecule has 1 heterocycles. The predicted octanol–water partition coefficient (Wildman–Crippen LogP) is 0.695. The van der Waals surface area contributed by atoms with Gasteiger partial charge in [0.15, 0.2) is 5.78 Å². The molecule has 0 aliphatic carbocycles. The van der Waals surface area contributed by atoms with Crippen LogP contribution in [0, 0.1) is 10.1 Å². The maximum atomic E-state index is 11.7. The molecule has 0 amide bonds. The summed E-state index contributed by atoms with van der Waals surface area (Å²) < 4.78 is 4.43. The summed E-state index contributed by atoms with van der Waals surface area (Å²) in [6, 6.07) is 1.04. The molecular formula is C11H10N2O6. The van der Waals surface area contributed by atoms with E-state index in [1.165, 1.54) is 6.92 Å². The largest absolute Gasteiger partial charge is 0.460 e. The second-order valence-corrected chi connectivity index (χ2v) is 3.39. The number of hydrogen-bond acceptors (Lipinski definition) is 7. The summed E-state index contributed by atoms with van der Waals surface area (Å²) in [5.74, 6) is -3.04. The van der Waals surface area contributed by atoms with Gasteiger partial charge < -0.3 is 4.74 Å². The van der Waals surface area contributed by atoms with Crippen LogP contribution in [0.1, 0.15) is 23.7 Å². The van der Waals surface area contributed by atoms with E-state index in [2.05, 4.69) is 9.72 Å². The molecule has 0 aromatic carbocycles. The Kier molecular flexibility index (Phi) is 4.81. The first-order valence-electron chi connectivity index (χ1n) is 5.29. The average molecular weight is 266 g/mol. The molecule has 0 atom stereocenters. The molecule has 19 heavy (non-hydrogen) atoms. The van der Waals surface area contributed by atoms with E-state index in [9.17, 15) is 24.5 Å². The zero-order valence-electron chi connectivity index (χ0n) is 9.99. The third-order valence-corrected chi connectivity index (χ3v) is 2.12. The van der Waals surface area contributed by atoms with Crippen LogP contribution in [0.15, 0.2) is 18.5 Å². The van der Waals surface area contributed by atoms with Crippen LogP contribution in [0.2, 0.25) is 0 Å². The minimum absolute atomic E-state index is 0.00576. The highest BCUT2D eigenvalue weighted by Crippen LogP contribution is 2.18. The zero-order chi connectivity index (χ0) is 14.4. The summed E-state index contributed by atoms with van der Waals surface area (Å²) >= 11 is 0. The molecule has 0 unspecified atom stereocenters. The highest BCUT2D eigenvalue weighted by molar-refractivity contribution is 6.38. The van der Waals surface area contributed by atoms with Crippen molar-refractivity contribution >= 4 is 23.2 Å². The number of rotatable bonds is 6. The van der Waals surface area contributed by atoms with Crippen LogP contribution < -0.4 is 0 Å². The Labute approximate surface area is 107 Å². The van der Waals surface area contributed by atoms with E-state index >= 15 is 0 Å². The summed E-state index contributed by atoms with van der Waals surface area (Å²) in [6.45, 7) is 1.52. The lowest BCUT2D eigenvalue weighted by Crippen LogP contribution is -2.21. The van der Waals surface area contributed by atoms with E-state index in [0.29, 0.717) is 0 Å². The Hall–Kier alpha value is -2.64. The Bertz CT molecular complexity index is 540. The van der Waals surface area contributed by atoms with Gasteiger partial charge in [-0.15, -0.1) is 0 Å². The lowest BCUT2D eigenvalue weighted by molar-refractivity contribution is -0.385. The zero-order valence-corrected chi connectivity index (χ0v) is 9.99. The van der Waals surface area contributed by atoms with E-state index in [1.54, 1.807) is 0 Å². The number of carbonyl (C=O) groups is 3. The minimum atomic E-state index is -1.14. The normalized spacial score (nSPS) is 9.74. The summed E-state index contributed by atoms with van der Waals surface area (Å²) in [7, 11) is 0. The number of ketones is 2. The number of ether oxygens (including phenoxy) is 1. The van der Waals surface area contributed by atoms with Crippen LogP contribution >= 0.6 is 0 Å². The molecule has 0 saturated carbocycles. The van der Waals surface area contributed by atoms with Gasteiger partial charge in [-0.2, -0.15) is 0 Å². The van der Waals surface area contributed by atoms with E-state index in [-0.39, 0.29) is 12.2 Å². The van der Waals surface area contributed by atoms with Gasteiger partial charge in [0.2, 0.25) is 5.78 Å². The SMILES string of the molecule is CCOC(=O)C(=O)CC(=O)c1cnccc1[N+](=O)[O-]. The second-order valence-electron chi connectivity index (χ2n) is 3.39. The number of nitro groups is 1. The van der Waals surface area contributed by atoms with Gasteiger partial charge in [0.1, 0.15) is 5.56 Å². The third kappa shape index (κ3) is 3.66. The fraction of sp³-hybridized carbons (Fsp3) is 0.273. The third-order valence-electron chi connectivity index (χ3n) is 2.12. The fourth-order valence-electron chi connectivity index (χ4n) is 1.29. The molecule has 8 heteroatoms. The number of aromatic nitrogens is 1. The molecule has 0 spiro atoms. The van der Waals surface area contributed by atoms with Crippen molar-refractivity contribution in [1.29, 1.82) is 0 Å². The van der Waals surface area contributed by atoms with Gasteiger partial charge in [0, 0.05) is 18.5 Å². The van der Waals surface area contributed by atoms with Crippen molar-refractivity contribution in [3.05, 3.63) is 34.1 Å². The number of pyridine rings is 1. The van der Waals surface area contributed by atoms with Crippen LogP contribution in [0.5, 0.6) is 0 Å². The first-order valence-corrected chi connectivity index (χ1v) is 5.29. The number of nitrogens with zero attached hydrogens (tertiary/aromatic N) is 2. The Morgan fingerprint density at radius 1 is 1.42 bits per heavy atom. The number of Topliss-reactive ketones (excluding diaryl/α,β-unsaturated/α-hetero) is 2. The number of carbonyl (C=O) groups excluding carboxylic acids is 3. The summed E-state index contributed by atoms with van der Waals surface area (Å²) in [6.07, 6.45) is 1.35. The van der Waals surface area contributed by atoms with Crippen molar-refractivity contribution in [1.82, 2.24) is 4.98 Å². The summed E-state index contributed by atoms with van der Waals surface area (Å²) in [5.41, 5.74) is -0.776. The first-order chi connectivity index (χ1) is 8.97. The molecule has 0 fully saturated rings. The molecular weight excluding hydrogens is 256 g/mol. The van der Waals surface area contributed by atoms with Gasteiger partial charge in [-0.1, -0.05) is 0 Å². The van der Waals surface area contributed by atoms with Gasteiger partial charge in [0.25, 0.3) is 5.69 Å². The molecule has 0 radical (unpaired) electrons. The van der Waals surface area contributed by atoms with Crippen molar-refractivity contribution in [2.24, 2.45) is 0 Å². The summed E-state index contributed by atoms with van der Waals surface area (Å²) in [4.78, 5) is 47.6. The van der Waals surface area contributed by atoms with Gasteiger partial charge in [-0.3, -0.25) is 24.7 Å². The number of hydrogen-bond donors (Lipinski definition) is 0. The van der Waals surface area contributed by atoms with Crippen molar-refractivity contribution in [2.45, 2.75) is 13.3 Å². The van der Waals surface area contributed by atoms with Crippen LogP contribution in [0.25, 0.3) is 0 Å². The van der Waals surface area contributed by atoms with Gasteiger partial charge in [-0.25, -0.2) is 4.79 Å². The quantitative estimate of drug-likeness (QED) is 0.186. The van der Waals surface area contributed by atoms with Crippen LogP contribution in [-0.4, -0.2) is 34.0 Å². The molecule has 1 rings (SSSR count). The van der Waals surface area contributed by atoms with E-state index in [4.69, 9.17) is 0 Å². The van der Waals surface area contributed by atoms with Crippen LogP contribution in [0.4, 0.5) is 5.69 Å². The highest BCUT2D eigenvalue weighted by atomic mass is 16.6. The lowest BCUT2D eigenvalue weighted by Gasteiger charge is -2.01. The summed E-state index contributed by atoms with van der Waals surface area (Å²) in [5, 5.41) is 10.7. The van der Waals surface area contributed by atoms with Gasteiger partial charge in [0.05, 0.1) is 18.0 Å². The average Bonchev–Trinajstić information content (AvgIpc) is 2.38.